The summed E-state index contributed by atoms with van der Waals surface area (Å²) in [6.45, 7) is 4.38. The van der Waals surface area contributed by atoms with Gasteiger partial charge in [0.2, 0.25) is 0 Å². The highest BCUT2D eigenvalue weighted by Crippen LogP contribution is 2.18. The van der Waals surface area contributed by atoms with Crippen molar-refractivity contribution in [3.05, 3.63) is 18.5 Å². The molecule has 1 aromatic heterocycles. The summed E-state index contributed by atoms with van der Waals surface area (Å²) in [4.78, 5) is 3.96. The minimum absolute atomic E-state index is 0.518. The number of aromatic nitrogens is 1. The minimum atomic E-state index is 0.518. The Balaban J connectivity index is 2.62. The van der Waals surface area contributed by atoms with Crippen LogP contribution in [0.25, 0.3) is 0 Å². The van der Waals surface area contributed by atoms with Crippen LogP contribution in [0.1, 0.15) is 33.1 Å². The molecule has 0 bridgehead atoms. The van der Waals surface area contributed by atoms with Crippen LogP contribution >= 0.6 is 0 Å². The third-order valence-corrected chi connectivity index (χ3v) is 2.34. The average Bonchev–Trinajstić information content (AvgIpc) is 2.20. The van der Waals surface area contributed by atoms with Crippen molar-refractivity contribution in [1.29, 1.82) is 0 Å². The van der Waals surface area contributed by atoms with Crippen molar-refractivity contribution in [3.8, 4) is 0 Å². The van der Waals surface area contributed by atoms with Crippen molar-refractivity contribution < 1.29 is 0 Å². The molecule has 1 unspecified atom stereocenters. The molecule has 0 amide bonds. The van der Waals surface area contributed by atoms with Crippen molar-refractivity contribution in [1.82, 2.24) is 4.98 Å². The first kappa shape index (κ1) is 10.8. The van der Waals surface area contributed by atoms with Gasteiger partial charge < -0.3 is 11.1 Å². The smallest absolute Gasteiger partial charge is 0.0736 e. The second kappa shape index (κ2) is 5.47. The van der Waals surface area contributed by atoms with Gasteiger partial charge in [0.05, 0.1) is 17.6 Å². The van der Waals surface area contributed by atoms with Crippen molar-refractivity contribution in [2.24, 2.45) is 0 Å². The second-order valence-electron chi connectivity index (χ2n) is 3.50. The predicted octanol–water partition coefficient (Wildman–Crippen LogP) is 2.65. The largest absolute Gasteiger partial charge is 0.396 e. The molecule has 0 saturated heterocycles. The number of hydrogen-bond donors (Lipinski definition) is 2. The SMILES string of the molecule is CCCC(CC)Nc1ccncc1N. The first-order valence-corrected chi connectivity index (χ1v) is 5.24. The van der Waals surface area contributed by atoms with E-state index in [1.165, 1.54) is 12.8 Å². The van der Waals surface area contributed by atoms with Crippen LogP contribution in [-0.4, -0.2) is 11.0 Å². The molecule has 0 radical (unpaired) electrons. The van der Waals surface area contributed by atoms with Gasteiger partial charge >= 0.3 is 0 Å². The minimum Gasteiger partial charge on any atom is -0.396 e. The van der Waals surface area contributed by atoms with Crippen molar-refractivity contribution >= 4 is 11.4 Å². The van der Waals surface area contributed by atoms with Crippen LogP contribution in [0.15, 0.2) is 18.5 Å². The van der Waals surface area contributed by atoms with Gasteiger partial charge in [-0.1, -0.05) is 20.3 Å². The van der Waals surface area contributed by atoms with Gasteiger partial charge in [0, 0.05) is 12.2 Å². The van der Waals surface area contributed by atoms with E-state index in [1.54, 1.807) is 12.4 Å². The second-order valence-corrected chi connectivity index (χ2v) is 3.50. The lowest BCUT2D eigenvalue weighted by Crippen LogP contribution is -2.18. The normalized spacial score (nSPS) is 12.4. The van der Waals surface area contributed by atoms with E-state index in [0.29, 0.717) is 6.04 Å². The fourth-order valence-electron chi connectivity index (χ4n) is 1.48. The topological polar surface area (TPSA) is 50.9 Å². The number of hydrogen-bond acceptors (Lipinski definition) is 3. The van der Waals surface area contributed by atoms with Gasteiger partial charge in [-0.05, 0) is 18.9 Å². The molecule has 0 aliphatic carbocycles. The Morgan fingerprint density at radius 3 is 2.86 bits per heavy atom. The van der Waals surface area contributed by atoms with Gasteiger partial charge in [0.1, 0.15) is 0 Å². The summed E-state index contributed by atoms with van der Waals surface area (Å²) >= 11 is 0. The van der Waals surface area contributed by atoms with E-state index in [1.807, 2.05) is 6.07 Å². The molecule has 3 heteroatoms. The first-order valence-electron chi connectivity index (χ1n) is 5.24. The highest BCUT2D eigenvalue weighted by Gasteiger charge is 2.06. The van der Waals surface area contributed by atoms with Gasteiger partial charge in [-0.25, -0.2) is 0 Å². The van der Waals surface area contributed by atoms with Crippen LogP contribution in [0.4, 0.5) is 11.4 Å². The average molecular weight is 193 g/mol. The third-order valence-electron chi connectivity index (χ3n) is 2.34. The molecule has 1 atom stereocenters. The molecule has 0 fully saturated rings. The van der Waals surface area contributed by atoms with Crippen LogP contribution in [0, 0.1) is 0 Å². The Hall–Kier alpha value is -1.25. The summed E-state index contributed by atoms with van der Waals surface area (Å²) in [6, 6.07) is 2.44. The molecule has 78 valence electrons. The van der Waals surface area contributed by atoms with E-state index in [4.69, 9.17) is 5.73 Å². The lowest BCUT2D eigenvalue weighted by atomic mass is 10.1. The first-order chi connectivity index (χ1) is 6.77. The zero-order chi connectivity index (χ0) is 10.4. The van der Waals surface area contributed by atoms with E-state index in [9.17, 15) is 0 Å². The van der Waals surface area contributed by atoms with Crippen molar-refractivity contribution in [3.63, 3.8) is 0 Å². The number of anilines is 2. The molecule has 3 N–H and O–H groups in total. The van der Waals surface area contributed by atoms with Crippen LogP contribution in [0.3, 0.4) is 0 Å². The highest BCUT2D eigenvalue weighted by atomic mass is 14.9. The summed E-state index contributed by atoms with van der Waals surface area (Å²) < 4.78 is 0. The quantitative estimate of drug-likeness (QED) is 0.755. The lowest BCUT2D eigenvalue weighted by Gasteiger charge is -2.18. The molecular formula is C11H19N3. The number of nitrogens with zero attached hydrogens (tertiary/aromatic N) is 1. The lowest BCUT2D eigenvalue weighted by molar-refractivity contribution is 0.623. The van der Waals surface area contributed by atoms with Crippen molar-refractivity contribution in [2.75, 3.05) is 11.1 Å². The zero-order valence-corrected chi connectivity index (χ0v) is 8.96. The molecule has 1 heterocycles. The van der Waals surface area contributed by atoms with E-state index in [2.05, 4.69) is 24.1 Å². The van der Waals surface area contributed by atoms with Gasteiger partial charge in [-0.15, -0.1) is 0 Å². The fourth-order valence-corrected chi connectivity index (χ4v) is 1.48. The van der Waals surface area contributed by atoms with E-state index in [0.717, 1.165) is 17.8 Å². The standard InChI is InChI=1S/C11H19N3/c1-3-5-9(4-2)14-11-6-7-13-8-10(11)12/h6-9H,3-5,12H2,1-2H3,(H,13,14). The number of nitrogens with one attached hydrogen (secondary N) is 1. The maximum atomic E-state index is 5.79. The monoisotopic (exact) mass is 193 g/mol. The molecule has 14 heavy (non-hydrogen) atoms. The summed E-state index contributed by atoms with van der Waals surface area (Å²) in [7, 11) is 0. The predicted molar refractivity (Wildman–Crippen MR) is 61.3 cm³/mol. The molecule has 1 aromatic rings. The van der Waals surface area contributed by atoms with Crippen LogP contribution in [0.2, 0.25) is 0 Å². The van der Waals surface area contributed by atoms with E-state index < -0.39 is 0 Å². The molecule has 1 rings (SSSR count). The number of nitrogens with two attached hydrogens (primary N) is 1. The Morgan fingerprint density at radius 1 is 1.50 bits per heavy atom. The summed E-state index contributed by atoms with van der Waals surface area (Å²) in [5, 5.41) is 3.43. The summed E-state index contributed by atoms with van der Waals surface area (Å²) in [5.74, 6) is 0. The van der Waals surface area contributed by atoms with Crippen LogP contribution in [0.5, 0.6) is 0 Å². The molecule has 0 aliphatic heterocycles. The third kappa shape index (κ3) is 2.91. The fraction of sp³-hybridized carbons (Fsp3) is 0.545. The maximum absolute atomic E-state index is 5.79. The highest BCUT2D eigenvalue weighted by molar-refractivity contribution is 5.64. The molecular weight excluding hydrogens is 174 g/mol. The molecule has 0 saturated carbocycles. The maximum Gasteiger partial charge on any atom is 0.0736 e. The van der Waals surface area contributed by atoms with E-state index in [-0.39, 0.29) is 0 Å². The number of nitrogen functional groups attached to an aromatic ring is 1. The van der Waals surface area contributed by atoms with Crippen LogP contribution < -0.4 is 11.1 Å². The molecule has 0 spiro atoms. The van der Waals surface area contributed by atoms with Gasteiger partial charge in [-0.2, -0.15) is 0 Å². The summed E-state index contributed by atoms with van der Waals surface area (Å²) in [6.07, 6.45) is 6.93. The van der Waals surface area contributed by atoms with Crippen molar-refractivity contribution in [2.45, 2.75) is 39.2 Å². The van der Waals surface area contributed by atoms with Crippen LogP contribution in [-0.2, 0) is 0 Å². The Labute approximate surface area is 85.7 Å². The Morgan fingerprint density at radius 2 is 2.29 bits per heavy atom. The Kier molecular flexibility index (Phi) is 4.23. The van der Waals surface area contributed by atoms with Gasteiger partial charge in [-0.3, -0.25) is 4.98 Å². The molecule has 0 aliphatic rings. The van der Waals surface area contributed by atoms with Gasteiger partial charge in [0.15, 0.2) is 0 Å². The summed E-state index contributed by atoms with van der Waals surface area (Å²) in [5.41, 5.74) is 7.52. The zero-order valence-electron chi connectivity index (χ0n) is 8.96. The van der Waals surface area contributed by atoms with E-state index >= 15 is 0 Å². The molecule has 0 aromatic carbocycles. The number of pyridine rings is 1. The number of rotatable bonds is 5. The van der Waals surface area contributed by atoms with Gasteiger partial charge in [0.25, 0.3) is 0 Å². The molecule has 3 nitrogen and oxygen atoms in total. The Bertz CT molecular complexity index is 273.